The van der Waals surface area contributed by atoms with E-state index < -0.39 is 0 Å². The molecular formula is C17H21FN2. The van der Waals surface area contributed by atoms with Crippen molar-refractivity contribution in [2.24, 2.45) is 5.73 Å². The maximum absolute atomic E-state index is 14.3. The summed E-state index contributed by atoms with van der Waals surface area (Å²) < 4.78 is 14.3. The molecule has 0 heterocycles. The second-order valence-electron chi connectivity index (χ2n) is 5.31. The van der Waals surface area contributed by atoms with E-state index >= 15 is 0 Å². The predicted octanol–water partition coefficient (Wildman–Crippen LogP) is 3.79. The third kappa shape index (κ3) is 3.17. The van der Waals surface area contributed by atoms with Gasteiger partial charge >= 0.3 is 0 Å². The van der Waals surface area contributed by atoms with Gasteiger partial charge in [0, 0.05) is 18.8 Å². The van der Waals surface area contributed by atoms with E-state index in [1.165, 1.54) is 0 Å². The highest BCUT2D eigenvalue weighted by atomic mass is 19.1. The van der Waals surface area contributed by atoms with Gasteiger partial charge in [-0.05, 0) is 49.6 Å². The van der Waals surface area contributed by atoms with Crippen molar-refractivity contribution in [3.05, 3.63) is 59.4 Å². The molecule has 0 aliphatic heterocycles. The molecule has 2 N–H and O–H groups in total. The van der Waals surface area contributed by atoms with E-state index in [2.05, 4.69) is 0 Å². The predicted molar refractivity (Wildman–Crippen MR) is 83.0 cm³/mol. The van der Waals surface area contributed by atoms with Crippen LogP contribution < -0.4 is 10.6 Å². The first-order valence-corrected chi connectivity index (χ1v) is 6.82. The quantitative estimate of drug-likeness (QED) is 0.917. The molecule has 0 aliphatic carbocycles. The van der Waals surface area contributed by atoms with Crippen LogP contribution in [0.5, 0.6) is 0 Å². The van der Waals surface area contributed by atoms with Crippen LogP contribution in [0.3, 0.4) is 0 Å². The topological polar surface area (TPSA) is 29.3 Å². The molecule has 2 aromatic carbocycles. The smallest absolute Gasteiger partial charge is 0.147 e. The fourth-order valence-corrected chi connectivity index (χ4v) is 2.39. The molecule has 2 nitrogen and oxygen atoms in total. The van der Waals surface area contributed by atoms with E-state index in [0.717, 1.165) is 16.8 Å². The zero-order valence-electron chi connectivity index (χ0n) is 12.2. The highest BCUT2D eigenvalue weighted by Gasteiger charge is 2.12. The normalized spacial score (nSPS) is 12.2. The minimum absolute atomic E-state index is 0.0364. The summed E-state index contributed by atoms with van der Waals surface area (Å²) >= 11 is 0. The van der Waals surface area contributed by atoms with Gasteiger partial charge in [-0.1, -0.05) is 24.3 Å². The molecule has 0 radical (unpaired) electrons. The van der Waals surface area contributed by atoms with E-state index in [1.54, 1.807) is 6.07 Å². The van der Waals surface area contributed by atoms with Crippen LogP contribution in [-0.4, -0.2) is 13.1 Å². The van der Waals surface area contributed by atoms with Crippen LogP contribution in [-0.2, 0) is 6.42 Å². The molecule has 20 heavy (non-hydrogen) atoms. The van der Waals surface area contributed by atoms with E-state index in [4.69, 9.17) is 5.73 Å². The lowest BCUT2D eigenvalue weighted by atomic mass is 10.1. The van der Waals surface area contributed by atoms with Gasteiger partial charge in [-0.15, -0.1) is 0 Å². The molecule has 0 saturated carbocycles. The molecule has 0 aliphatic rings. The molecule has 0 saturated heterocycles. The maximum atomic E-state index is 14.3. The van der Waals surface area contributed by atoms with Crippen molar-refractivity contribution in [1.82, 2.24) is 0 Å². The number of halogens is 1. The largest absolute Gasteiger partial charge is 0.342 e. The fraction of sp³-hybridized carbons (Fsp3) is 0.294. The van der Waals surface area contributed by atoms with Crippen molar-refractivity contribution in [2.75, 3.05) is 11.9 Å². The van der Waals surface area contributed by atoms with Crippen molar-refractivity contribution in [3.8, 4) is 0 Å². The van der Waals surface area contributed by atoms with Crippen LogP contribution >= 0.6 is 0 Å². The third-order valence-corrected chi connectivity index (χ3v) is 3.41. The molecule has 2 rings (SSSR count). The van der Waals surface area contributed by atoms with Crippen molar-refractivity contribution in [2.45, 2.75) is 26.3 Å². The van der Waals surface area contributed by atoms with Crippen molar-refractivity contribution >= 4 is 11.4 Å². The first-order valence-electron chi connectivity index (χ1n) is 6.82. The number of aryl methyl sites for hydroxylation is 1. The van der Waals surface area contributed by atoms with Gasteiger partial charge in [-0.3, -0.25) is 0 Å². The summed E-state index contributed by atoms with van der Waals surface area (Å²) in [5, 5.41) is 0. The Kier molecular flexibility index (Phi) is 4.40. The average molecular weight is 272 g/mol. The van der Waals surface area contributed by atoms with Crippen molar-refractivity contribution < 1.29 is 4.39 Å². The van der Waals surface area contributed by atoms with Gasteiger partial charge < -0.3 is 10.6 Å². The number of hydrogen-bond donors (Lipinski definition) is 1. The van der Waals surface area contributed by atoms with Gasteiger partial charge in [0.1, 0.15) is 5.82 Å². The van der Waals surface area contributed by atoms with Crippen LogP contribution in [0.25, 0.3) is 0 Å². The molecule has 3 heteroatoms. The Hall–Kier alpha value is -1.87. The first kappa shape index (κ1) is 14.5. The highest BCUT2D eigenvalue weighted by molar-refractivity contribution is 5.66. The van der Waals surface area contributed by atoms with Crippen LogP contribution in [0.4, 0.5) is 15.8 Å². The molecular weight excluding hydrogens is 251 g/mol. The molecule has 2 aromatic rings. The molecule has 0 bridgehead atoms. The lowest BCUT2D eigenvalue weighted by Gasteiger charge is -2.22. The number of nitrogens with two attached hydrogens (primary N) is 1. The zero-order chi connectivity index (χ0) is 14.7. The molecule has 0 fully saturated rings. The number of rotatable bonds is 4. The summed E-state index contributed by atoms with van der Waals surface area (Å²) in [6, 6.07) is 13.3. The summed E-state index contributed by atoms with van der Waals surface area (Å²) in [7, 11) is 1.88. The fourth-order valence-electron chi connectivity index (χ4n) is 2.39. The molecule has 106 valence electrons. The lowest BCUT2D eigenvalue weighted by molar-refractivity contribution is 0.622. The average Bonchev–Trinajstić information content (AvgIpc) is 2.38. The van der Waals surface area contributed by atoms with Gasteiger partial charge in [-0.2, -0.15) is 0 Å². The third-order valence-electron chi connectivity index (χ3n) is 3.41. The van der Waals surface area contributed by atoms with Crippen LogP contribution in [0.15, 0.2) is 42.5 Å². The Bertz CT molecular complexity index is 593. The second-order valence-corrected chi connectivity index (χ2v) is 5.31. The van der Waals surface area contributed by atoms with Gasteiger partial charge in [0.2, 0.25) is 0 Å². The Morgan fingerprint density at radius 1 is 1.15 bits per heavy atom. The molecule has 0 spiro atoms. The number of para-hydroxylation sites is 1. The van der Waals surface area contributed by atoms with Crippen molar-refractivity contribution in [1.29, 1.82) is 0 Å². The monoisotopic (exact) mass is 272 g/mol. The molecule has 1 unspecified atom stereocenters. The lowest BCUT2D eigenvalue weighted by Crippen LogP contribution is -2.18. The maximum Gasteiger partial charge on any atom is 0.147 e. The van der Waals surface area contributed by atoms with E-state index in [9.17, 15) is 4.39 Å². The first-order chi connectivity index (χ1) is 9.49. The Morgan fingerprint density at radius 2 is 1.85 bits per heavy atom. The van der Waals surface area contributed by atoms with Crippen LogP contribution in [0.1, 0.15) is 18.1 Å². The highest BCUT2D eigenvalue weighted by Crippen LogP contribution is 2.29. The zero-order valence-corrected chi connectivity index (χ0v) is 12.2. The number of nitrogens with zero attached hydrogens (tertiary/aromatic N) is 1. The SMILES string of the molecule is Cc1ccccc1N(C)c1ccc(CC(C)N)cc1F. The van der Waals surface area contributed by atoms with Crippen molar-refractivity contribution in [3.63, 3.8) is 0 Å². The summed E-state index contributed by atoms with van der Waals surface area (Å²) in [5.41, 5.74) is 9.38. The molecule has 1 atom stereocenters. The van der Waals surface area contributed by atoms with Crippen LogP contribution in [0, 0.1) is 12.7 Å². The van der Waals surface area contributed by atoms with E-state index in [-0.39, 0.29) is 11.9 Å². The minimum Gasteiger partial charge on any atom is -0.342 e. The summed E-state index contributed by atoms with van der Waals surface area (Å²) in [6.07, 6.45) is 0.686. The number of anilines is 2. The Balaban J connectivity index is 2.31. The summed E-state index contributed by atoms with van der Waals surface area (Å²) in [6.45, 7) is 3.94. The number of hydrogen-bond acceptors (Lipinski definition) is 2. The Morgan fingerprint density at radius 3 is 2.45 bits per heavy atom. The van der Waals surface area contributed by atoms with E-state index in [0.29, 0.717) is 12.1 Å². The van der Waals surface area contributed by atoms with Gasteiger partial charge in [0.25, 0.3) is 0 Å². The molecule has 0 aromatic heterocycles. The van der Waals surface area contributed by atoms with Gasteiger partial charge in [-0.25, -0.2) is 4.39 Å². The minimum atomic E-state index is -0.214. The second kappa shape index (κ2) is 6.06. The van der Waals surface area contributed by atoms with Crippen LogP contribution in [0.2, 0.25) is 0 Å². The summed E-state index contributed by atoms with van der Waals surface area (Å²) in [5.74, 6) is -0.214. The van der Waals surface area contributed by atoms with E-state index in [1.807, 2.05) is 62.2 Å². The molecule has 0 amide bonds. The standard InChI is InChI=1S/C17H21FN2/c1-12-6-4-5-7-16(12)20(3)17-9-8-14(10-13(2)19)11-15(17)18/h4-9,11,13H,10,19H2,1-3H3. The summed E-state index contributed by atoms with van der Waals surface area (Å²) in [4.78, 5) is 1.88. The van der Waals surface area contributed by atoms with Gasteiger partial charge in [0.05, 0.1) is 5.69 Å². The Labute approximate surface area is 120 Å². The van der Waals surface area contributed by atoms with Gasteiger partial charge in [0.15, 0.2) is 0 Å². The number of benzene rings is 2.